The van der Waals surface area contributed by atoms with Crippen LogP contribution in [0.5, 0.6) is 0 Å². The van der Waals surface area contributed by atoms with E-state index in [0.29, 0.717) is 17.8 Å². The maximum absolute atomic E-state index is 12.7. The maximum atomic E-state index is 12.7. The van der Waals surface area contributed by atoms with E-state index in [4.69, 9.17) is 0 Å². The number of alkyl halides is 3. The number of benzene rings is 1. The normalized spacial score (nSPS) is 11.6. The summed E-state index contributed by atoms with van der Waals surface area (Å²) in [6.45, 7) is 6.41. The Labute approximate surface area is 133 Å². The molecule has 1 amide bonds. The van der Waals surface area contributed by atoms with E-state index in [0.717, 1.165) is 23.4 Å². The number of hydrogen-bond acceptors (Lipinski definition) is 1. The van der Waals surface area contributed by atoms with Crippen molar-refractivity contribution in [1.29, 1.82) is 0 Å². The highest BCUT2D eigenvalue weighted by molar-refractivity contribution is 5.94. The van der Waals surface area contributed by atoms with Gasteiger partial charge in [0, 0.05) is 18.8 Å². The number of amides is 1. The number of nitrogens with one attached hydrogen (secondary N) is 1. The van der Waals surface area contributed by atoms with Gasteiger partial charge in [0.05, 0.1) is 5.56 Å². The maximum Gasteiger partial charge on any atom is 0.416 e. The molecule has 0 unspecified atom stereocenters. The van der Waals surface area contributed by atoms with Crippen molar-refractivity contribution >= 4 is 5.91 Å². The molecular weight excluding hydrogens is 305 g/mol. The van der Waals surface area contributed by atoms with Crippen LogP contribution >= 0.6 is 0 Å². The van der Waals surface area contributed by atoms with E-state index in [-0.39, 0.29) is 12.5 Å². The highest BCUT2D eigenvalue weighted by Gasteiger charge is 2.30. The highest BCUT2D eigenvalue weighted by Crippen LogP contribution is 2.29. The van der Waals surface area contributed by atoms with Crippen molar-refractivity contribution in [2.45, 2.75) is 40.0 Å². The Kier molecular flexibility index (Phi) is 4.82. The molecule has 0 aliphatic rings. The molecule has 0 bridgehead atoms. The molecule has 0 radical (unpaired) electrons. The van der Waals surface area contributed by atoms with Crippen molar-refractivity contribution in [2.24, 2.45) is 0 Å². The molecule has 1 aromatic heterocycles. The zero-order valence-corrected chi connectivity index (χ0v) is 13.3. The first-order valence-electron chi connectivity index (χ1n) is 7.35. The SMILES string of the molecule is CCn1c(C)cc(C)c1C(=O)NCc1cccc(C(F)(F)F)c1. The standard InChI is InChI=1S/C17H19F3N2O/c1-4-22-12(3)8-11(2)15(22)16(23)21-10-13-6-5-7-14(9-13)17(18,19)20/h5-9H,4,10H2,1-3H3,(H,21,23). The lowest BCUT2D eigenvalue weighted by Gasteiger charge is -2.12. The van der Waals surface area contributed by atoms with E-state index >= 15 is 0 Å². The first-order chi connectivity index (χ1) is 10.7. The largest absolute Gasteiger partial charge is 0.416 e. The molecule has 1 aromatic carbocycles. The lowest BCUT2D eigenvalue weighted by Crippen LogP contribution is -2.26. The van der Waals surface area contributed by atoms with Crippen molar-refractivity contribution in [3.8, 4) is 0 Å². The molecule has 2 rings (SSSR count). The zero-order chi connectivity index (χ0) is 17.2. The van der Waals surface area contributed by atoms with Gasteiger partial charge in [-0.15, -0.1) is 0 Å². The average Bonchev–Trinajstić information content (AvgIpc) is 2.78. The van der Waals surface area contributed by atoms with Crippen molar-refractivity contribution in [1.82, 2.24) is 9.88 Å². The number of aromatic nitrogens is 1. The molecular formula is C17H19F3N2O. The number of halogens is 3. The van der Waals surface area contributed by atoms with Gasteiger partial charge in [-0.2, -0.15) is 13.2 Å². The molecule has 6 heteroatoms. The van der Waals surface area contributed by atoms with Crippen LogP contribution in [0.1, 0.15) is 39.8 Å². The smallest absolute Gasteiger partial charge is 0.347 e. The van der Waals surface area contributed by atoms with Gasteiger partial charge in [-0.05, 0) is 50.1 Å². The molecule has 0 saturated heterocycles. The van der Waals surface area contributed by atoms with E-state index in [9.17, 15) is 18.0 Å². The quantitative estimate of drug-likeness (QED) is 0.903. The van der Waals surface area contributed by atoms with Crippen LogP contribution in [0.4, 0.5) is 13.2 Å². The third kappa shape index (κ3) is 3.75. The first-order valence-corrected chi connectivity index (χ1v) is 7.35. The summed E-state index contributed by atoms with van der Waals surface area (Å²) < 4.78 is 40.0. The van der Waals surface area contributed by atoms with Gasteiger partial charge in [-0.1, -0.05) is 12.1 Å². The summed E-state index contributed by atoms with van der Waals surface area (Å²) in [5.74, 6) is -0.283. The van der Waals surface area contributed by atoms with Gasteiger partial charge in [-0.25, -0.2) is 0 Å². The lowest BCUT2D eigenvalue weighted by molar-refractivity contribution is -0.137. The van der Waals surface area contributed by atoms with Crippen LogP contribution in [0, 0.1) is 13.8 Å². The molecule has 2 aromatic rings. The van der Waals surface area contributed by atoms with Gasteiger partial charge >= 0.3 is 6.18 Å². The van der Waals surface area contributed by atoms with Gasteiger partial charge in [0.15, 0.2) is 0 Å². The Morgan fingerprint density at radius 3 is 2.52 bits per heavy atom. The molecule has 0 fully saturated rings. The lowest BCUT2D eigenvalue weighted by atomic mass is 10.1. The monoisotopic (exact) mass is 324 g/mol. The Morgan fingerprint density at radius 1 is 1.22 bits per heavy atom. The van der Waals surface area contributed by atoms with Crippen LogP contribution in [0.15, 0.2) is 30.3 Å². The van der Waals surface area contributed by atoms with E-state index < -0.39 is 11.7 Å². The van der Waals surface area contributed by atoms with Crippen molar-refractivity contribution < 1.29 is 18.0 Å². The molecule has 1 N–H and O–H groups in total. The summed E-state index contributed by atoms with van der Waals surface area (Å²) in [7, 11) is 0. The minimum atomic E-state index is -4.38. The Balaban J connectivity index is 2.14. The van der Waals surface area contributed by atoms with Gasteiger partial charge < -0.3 is 9.88 Å². The fraction of sp³-hybridized carbons (Fsp3) is 0.353. The minimum Gasteiger partial charge on any atom is -0.347 e. The second-order valence-electron chi connectivity index (χ2n) is 5.44. The fourth-order valence-electron chi connectivity index (χ4n) is 2.68. The van der Waals surface area contributed by atoms with E-state index in [1.54, 1.807) is 6.07 Å². The summed E-state index contributed by atoms with van der Waals surface area (Å²) in [6, 6.07) is 6.89. The van der Waals surface area contributed by atoms with E-state index in [2.05, 4.69) is 5.32 Å². The molecule has 0 saturated carbocycles. The molecule has 0 atom stereocenters. The van der Waals surface area contributed by atoms with Crippen LogP contribution in [-0.4, -0.2) is 10.5 Å². The summed E-state index contributed by atoms with van der Waals surface area (Å²) in [4.78, 5) is 12.4. The first kappa shape index (κ1) is 17.1. The molecule has 0 spiro atoms. The Hall–Kier alpha value is -2.24. The van der Waals surface area contributed by atoms with Gasteiger partial charge in [-0.3, -0.25) is 4.79 Å². The van der Waals surface area contributed by atoms with Crippen LogP contribution in [-0.2, 0) is 19.3 Å². The number of carbonyl (C=O) groups is 1. The second kappa shape index (κ2) is 6.48. The predicted octanol–water partition coefficient (Wildman–Crippen LogP) is 4.07. The van der Waals surface area contributed by atoms with Crippen LogP contribution < -0.4 is 5.32 Å². The Morgan fingerprint density at radius 2 is 1.91 bits per heavy atom. The summed E-state index contributed by atoms with van der Waals surface area (Å²) in [5.41, 5.74) is 2.09. The number of hydrogen-bond donors (Lipinski definition) is 1. The fourth-order valence-corrected chi connectivity index (χ4v) is 2.68. The molecule has 1 heterocycles. The van der Waals surface area contributed by atoms with Gasteiger partial charge in [0.1, 0.15) is 5.69 Å². The Bertz CT molecular complexity index is 717. The van der Waals surface area contributed by atoms with Crippen LogP contribution in [0.25, 0.3) is 0 Å². The zero-order valence-electron chi connectivity index (χ0n) is 13.3. The molecule has 3 nitrogen and oxygen atoms in total. The summed E-state index contributed by atoms with van der Waals surface area (Å²) in [6.07, 6.45) is -4.38. The number of carbonyl (C=O) groups excluding carboxylic acids is 1. The summed E-state index contributed by atoms with van der Waals surface area (Å²) in [5, 5.41) is 2.70. The van der Waals surface area contributed by atoms with Crippen molar-refractivity contribution in [3.05, 3.63) is 58.4 Å². The van der Waals surface area contributed by atoms with E-state index in [1.165, 1.54) is 6.07 Å². The molecule has 23 heavy (non-hydrogen) atoms. The van der Waals surface area contributed by atoms with Crippen molar-refractivity contribution in [3.63, 3.8) is 0 Å². The third-order valence-corrected chi connectivity index (χ3v) is 3.73. The van der Waals surface area contributed by atoms with Gasteiger partial charge in [0.2, 0.25) is 0 Å². The number of rotatable bonds is 4. The number of aryl methyl sites for hydroxylation is 2. The van der Waals surface area contributed by atoms with Crippen molar-refractivity contribution in [2.75, 3.05) is 0 Å². The topological polar surface area (TPSA) is 34.0 Å². The predicted molar refractivity (Wildman–Crippen MR) is 82.2 cm³/mol. The highest BCUT2D eigenvalue weighted by atomic mass is 19.4. The minimum absolute atomic E-state index is 0.0517. The molecule has 0 aliphatic heterocycles. The second-order valence-corrected chi connectivity index (χ2v) is 5.44. The van der Waals surface area contributed by atoms with Crippen LogP contribution in [0.3, 0.4) is 0 Å². The summed E-state index contributed by atoms with van der Waals surface area (Å²) >= 11 is 0. The van der Waals surface area contributed by atoms with Crippen LogP contribution in [0.2, 0.25) is 0 Å². The average molecular weight is 324 g/mol. The molecule has 0 aliphatic carbocycles. The van der Waals surface area contributed by atoms with E-state index in [1.807, 2.05) is 31.4 Å². The molecule has 124 valence electrons. The third-order valence-electron chi connectivity index (χ3n) is 3.73. The van der Waals surface area contributed by atoms with Gasteiger partial charge in [0.25, 0.3) is 5.91 Å². The number of nitrogens with zero attached hydrogens (tertiary/aromatic N) is 1.